The summed E-state index contributed by atoms with van der Waals surface area (Å²) in [6, 6.07) is 11.9. The first-order valence-corrected chi connectivity index (χ1v) is 5.50. The lowest BCUT2D eigenvalue weighted by molar-refractivity contribution is 0.100. The zero-order valence-electron chi connectivity index (χ0n) is 9.88. The summed E-state index contributed by atoms with van der Waals surface area (Å²) in [6.07, 6.45) is 1.56. The molecule has 0 radical (unpaired) electrons. The van der Waals surface area contributed by atoms with Gasteiger partial charge in [-0.15, -0.1) is 0 Å². The molecule has 18 heavy (non-hydrogen) atoms. The molecule has 0 saturated carbocycles. The van der Waals surface area contributed by atoms with Gasteiger partial charge < -0.3 is 5.32 Å². The molecule has 1 heterocycles. The number of rotatable bonds is 3. The van der Waals surface area contributed by atoms with Crippen LogP contribution in [0.1, 0.15) is 27.8 Å². The van der Waals surface area contributed by atoms with Crippen molar-refractivity contribution in [3.05, 3.63) is 59.9 Å². The topological polar surface area (TPSA) is 59.1 Å². The fourth-order valence-electron chi connectivity index (χ4n) is 1.51. The van der Waals surface area contributed by atoms with Gasteiger partial charge in [0.1, 0.15) is 5.69 Å². The Morgan fingerprint density at radius 3 is 2.61 bits per heavy atom. The second-order valence-electron chi connectivity index (χ2n) is 3.81. The molecule has 1 amide bonds. The average molecular weight is 240 g/mol. The normalized spacial score (nSPS) is 9.83. The molecule has 4 heteroatoms. The van der Waals surface area contributed by atoms with Gasteiger partial charge in [-0.25, -0.2) is 0 Å². The van der Waals surface area contributed by atoms with Crippen LogP contribution in [-0.2, 0) is 0 Å². The molecule has 1 aromatic carbocycles. The molecule has 90 valence electrons. The van der Waals surface area contributed by atoms with Gasteiger partial charge in [-0.3, -0.25) is 14.6 Å². The second kappa shape index (κ2) is 5.23. The summed E-state index contributed by atoms with van der Waals surface area (Å²) in [5.74, 6) is -0.333. The number of carbonyl (C=O) groups excluding carboxylic acids is 2. The van der Waals surface area contributed by atoms with E-state index in [0.29, 0.717) is 16.9 Å². The minimum absolute atomic E-state index is 0.0380. The first kappa shape index (κ1) is 12.0. The maximum atomic E-state index is 11.8. The van der Waals surface area contributed by atoms with Crippen molar-refractivity contribution in [3.63, 3.8) is 0 Å². The van der Waals surface area contributed by atoms with E-state index in [4.69, 9.17) is 0 Å². The van der Waals surface area contributed by atoms with Crippen molar-refractivity contribution in [2.45, 2.75) is 6.92 Å². The molecular weight excluding hydrogens is 228 g/mol. The minimum Gasteiger partial charge on any atom is -0.321 e. The summed E-state index contributed by atoms with van der Waals surface area (Å²) in [6.45, 7) is 1.49. The predicted octanol–water partition coefficient (Wildman–Crippen LogP) is 2.54. The van der Waals surface area contributed by atoms with Gasteiger partial charge >= 0.3 is 0 Å². The minimum atomic E-state index is -0.295. The lowest BCUT2D eigenvalue weighted by Gasteiger charge is -2.05. The molecule has 0 unspecified atom stereocenters. The van der Waals surface area contributed by atoms with Crippen LogP contribution in [0.15, 0.2) is 48.7 Å². The monoisotopic (exact) mass is 240 g/mol. The van der Waals surface area contributed by atoms with Gasteiger partial charge in [0.25, 0.3) is 5.91 Å². The van der Waals surface area contributed by atoms with E-state index in [2.05, 4.69) is 10.3 Å². The standard InChI is InChI=1S/C14H12N2O2/c1-10(17)11-5-4-6-12(9-11)16-14(18)13-7-2-3-8-15-13/h2-9H,1H3,(H,16,18). The van der Waals surface area contributed by atoms with Crippen LogP contribution in [-0.4, -0.2) is 16.7 Å². The molecule has 1 N–H and O–H groups in total. The van der Waals surface area contributed by atoms with Crippen LogP contribution in [0.25, 0.3) is 0 Å². The summed E-state index contributed by atoms with van der Waals surface area (Å²) in [7, 11) is 0. The molecule has 2 aromatic rings. The lowest BCUT2D eigenvalue weighted by atomic mass is 10.1. The number of benzene rings is 1. The summed E-state index contributed by atoms with van der Waals surface area (Å²) < 4.78 is 0. The van der Waals surface area contributed by atoms with Gasteiger partial charge in [-0.2, -0.15) is 0 Å². The summed E-state index contributed by atoms with van der Waals surface area (Å²) >= 11 is 0. The molecule has 0 atom stereocenters. The maximum absolute atomic E-state index is 11.8. The van der Waals surface area contributed by atoms with Crippen LogP contribution in [0.4, 0.5) is 5.69 Å². The Morgan fingerprint density at radius 1 is 1.11 bits per heavy atom. The number of amides is 1. The van der Waals surface area contributed by atoms with Crippen LogP contribution >= 0.6 is 0 Å². The maximum Gasteiger partial charge on any atom is 0.274 e. The summed E-state index contributed by atoms with van der Waals surface area (Å²) in [5.41, 5.74) is 1.48. The van der Waals surface area contributed by atoms with Crippen molar-refractivity contribution in [1.82, 2.24) is 4.98 Å². The Bertz CT molecular complexity index is 579. The van der Waals surface area contributed by atoms with E-state index in [1.54, 1.807) is 48.7 Å². The van der Waals surface area contributed by atoms with Crippen LogP contribution < -0.4 is 5.32 Å². The molecular formula is C14H12N2O2. The smallest absolute Gasteiger partial charge is 0.274 e. The van der Waals surface area contributed by atoms with Crippen molar-refractivity contribution in [1.29, 1.82) is 0 Å². The zero-order chi connectivity index (χ0) is 13.0. The van der Waals surface area contributed by atoms with Gasteiger partial charge in [-0.05, 0) is 31.2 Å². The number of hydrogen-bond donors (Lipinski definition) is 1. The summed E-state index contributed by atoms with van der Waals surface area (Å²) in [5, 5.41) is 2.70. The van der Waals surface area contributed by atoms with Gasteiger partial charge in [0, 0.05) is 17.4 Å². The number of anilines is 1. The number of hydrogen-bond acceptors (Lipinski definition) is 3. The molecule has 0 aliphatic rings. The molecule has 0 fully saturated rings. The van der Waals surface area contributed by atoms with Crippen molar-refractivity contribution >= 4 is 17.4 Å². The van der Waals surface area contributed by atoms with Gasteiger partial charge in [-0.1, -0.05) is 18.2 Å². The molecule has 2 rings (SSSR count). The molecule has 0 aliphatic heterocycles. The van der Waals surface area contributed by atoms with E-state index >= 15 is 0 Å². The summed E-state index contributed by atoms with van der Waals surface area (Å²) in [4.78, 5) is 27.0. The molecule has 0 bridgehead atoms. The number of nitrogens with zero attached hydrogens (tertiary/aromatic N) is 1. The molecule has 4 nitrogen and oxygen atoms in total. The third-order valence-corrected chi connectivity index (χ3v) is 2.42. The Morgan fingerprint density at radius 2 is 1.94 bits per heavy atom. The first-order chi connectivity index (χ1) is 8.66. The van der Waals surface area contributed by atoms with E-state index in [-0.39, 0.29) is 11.7 Å². The van der Waals surface area contributed by atoms with Crippen LogP contribution in [0.2, 0.25) is 0 Å². The third-order valence-electron chi connectivity index (χ3n) is 2.42. The third kappa shape index (κ3) is 2.79. The molecule has 0 aliphatic carbocycles. The molecule has 0 spiro atoms. The SMILES string of the molecule is CC(=O)c1cccc(NC(=O)c2ccccn2)c1. The number of pyridine rings is 1. The van der Waals surface area contributed by atoms with Crippen LogP contribution in [0.3, 0.4) is 0 Å². The van der Waals surface area contributed by atoms with E-state index in [1.165, 1.54) is 6.92 Å². The van der Waals surface area contributed by atoms with Crippen molar-refractivity contribution in [3.8, 4) is 0 Å². The lowest BCUT2D eigenvalue weighted by Crippen LogP contribution is -2.13. The number of nitrogens with one attached hydrogen (secondary N) is 1. The highest BCUT2D eigenvalue weighted by molar-refractivity contribution is 6.03. The molecule has 0 saturated heterocycles. The second-order valence-corrected chi connectivity index (χ2v) is 3.81. The highest BCUT2D eigenvalue weighted by Gasteiger charge is 2.07. The van der Waals surface area contributed by atoms with Gasteiger partial charge in [0.05, 0.1) is 0 Å². The average Bonchev–Trinajstić information content (AvgIpc) is 2.40. The number of carbonyl (C=O) groups is 2. The van der Waals surface area contributed by atoms with Gasteiger partial charge in [0.2, 0.25) is 0 Å². The van der Waals surface area contributed by atoms with E-state index < -0.39 is 0 Å². The van der Waals surface area contributed by atoms with Gasteiger partial charge in [0.15, 0.2) is 5.78 Å². The van der Waals surface area contributed by atoms with Crippen LogP contribution in [0, 0.1) is 0 Å². The van der Waals surface area contributed by atoms with Crippen molar-refractivity contribution in [2.24, 2.45) is 0 Å². The van der Waals surface area contributed by atoms with E-state index in [9.17, 15) is 9.59 Å². The van der Waals surface area contributed by atoms with Crippen molar-refractivity contribution < 1.29 is 9.59 Å². The number of ketones is 1. The number of Topliss-reactive ketones (excluding diaryl/α,β-unsaturated/α-hetero) is 1. The van der Waals surface area contributed by atoms with Crippen molar-refractivity contribution in [2.75, 3.05) is 5.32 Å². The van der Waals surface area contributed by atoms with Crippen LogP contribution in [0.5, 0.6) is 0 Å². The Hall–Kier alpha value is -2.49. The fraction of sp³-hybridized carbons (Fsp3) is 0.0714. The quantitative estimate of drug-likeness (QED) is 0.839. The van der Waals surface area contributed by atoms with E-state index in [0.717, 1.165) is 0 Å². The highest BCUT2D eigenvalue weighted by atomic mass is 16.2. The first-order valence-electron chi connectivity index (χ1n) is 5.50. The zero-order valence-corrected chi connectivity index (χ0v) is 9.88. The predicted molar refractivity (Wildman–Crippen MR) is 68.6 cm³/mol. The molecule has 1 aromatic heterocycles. The number of aromatic nitrogens is 1. The largest absolute Gasteiger partial charge is 0.321 e. The Kier molecular flexibility index (Phi) is 3.48. The Labute approximate surface area is 105 Å². The highest BCUT2D eigenvalue weighted by Crippen LogP contribution is 2.12. The van der Waals surface area contributed by atoms with E-state index in [1.807, 2.05) is 0 Å². The Balaban J connectivity index is 2.17. The fourth-order valence-corrected chi connectivity index (χ4v) is 1.51.